The number of H-pyrrole nitrogens is 1. The highest BCUT2D eigenvalue weighted by Crippen LogP contribution is 2.38. The van der Waals surface area contributed by atoms with Gasteiger partial charge in [-0.25, -0.2) is 9.36 Å². The van der Waals surface area contributed by atoms with Crippen molar-refractivity contribution in [1.82, 2.24) is 19.3 Å². The topological polar surface area (TPSA) is 72.7 Å². The molecule has 7 heteroatoms. The van der Waals surface area contributed by atoms with Crippen LogP contribution in [0.3, 0.4) is 0 Å². The van der Waals surface area contributed by atoms with Crippen LogP contribution in [0.1, 0.15) is 0 Å². The van der Waals surface area contributed by atoms with Crippen molar-refractivity contribution in [3.05, 3.63) is 117 Å². The molecule has 0 amide bonds. The number of nitrogens with one attached hydrogen (secondary N) is 1. The molecule has 0 unspecified atom stereocenters. The molecule has 35 heavy (non-hydrogen) atoms. The monoisotopic (exact) mass is 478 g/mol. The largest absolute Gasteiger partial charge is 0.333 e. The van der Waals surface area contributed by atoms with Gasteiger partial charge in [0.2, 0.25) is 0 Å². The van der Waals surface area contributed by atoms with E-state index >= 15 is 0 Å². The molecule has 0 aliphatic carbocycles. The van der Waals surface area contributed by atoms with Gasteiger partial charge in [0.25, 0.3) is 5.56 Å². The average molecular weight is 479 g/mol. The van der Waals surface area contributed by atoms with Gasteiger partial charge in [0.1, 0.15) is 0 Å². The molecule has 6 aromatic rings. The molecular formula is C28H19ClN4O2. The predicted octanol–water partition coefficient (Wildman–Crippen LogP) is 5.55. The number of aromatic amines is 1. The lowest BCUT2D eigenvalue weighted by Gasteiger charge is -2.13. The van der Waals surface area contributed by atoms with E-state index in [0.29, 0.717) is 21.6 Å². The van der Waals surface area contributed by atoms with Crippen LogP contribution >= 0.6 is 11.6 Å². The van der Waals surface area contributed by atoms with E-state index in [1.807, 2.05) is 73.9 Å². The van der Waals surface area contributed by atoms with Crippen LogP contribution in [0.15, 0.2) is 101 Å². The first-order valence-corrected chi connectivity index (χ1v) is 11.4. The zero-order chi connectivity index (χ0) is 24.1. The van der Waals surface area contributed by atoms with Gasteiger partial charge in [-0.2, -0.15) is 5.10 Å². The Labute approximate surface area is 204 Å². The third-order valence-corrected chi connectivity index (χ3v) is 6.54. The summed E-state index contributed by atoms with van der Waals surface area (Å²) in [5.41, 5.74) is 3.56. The van der Waals surface area contributed by atoms with Crippen molar-refractivity contribution in [2.45, 2.75) is 0 Å². The number of aryl methyl sites for hydroxylation is 1. The highest BCUT2D eigenvalue weighted by atomic mass is 35.5. The molecule has 0 saturated heterocycles. The summed E-state index contributed by atoms with van der Waals surface area (Å²) in [5.74, 6) is 0. The Kier molecular flexibility index (Phi) is 4.90. The van der Waals surface area contributed by atoms with Gasteiger partial charge in [-0.1, -0.05) is 66.2 Å². The highest BCUT2D eigenvalue weighted by molar-refractivity contribution is 6.34. The molecule has 0 aliphatic rings. The minimum atomic E-state index is -0.498. The van der Waals surface area contributed by atoms with E-state index in [4.69, 9.17) is 11.6 Å². The number of benzene rings is 4. The Hall–Kier alpha value is -4.42. The summed E-state index contributed by atoms with van der Waals surface area (Å²) in [5, 5.41) is 7.03. The van der Waals surface area contributed by atoms with E-state index in [1.165, 1.54) is 4.57 Å². The lowest BCUT2D eigenvalue weighted by atomic mass is 9.95. The predicted molar refractivity (Wildman–Crippen MR) is 140 cm³/mol. The number of aromatic nitrogens is 4. The van der Waals surface area contributed by atoms with Crippen LogP contribution in [-0.2, 0) is 7.05 Å². The molecule has 0 bridgehead atoms. The van der Waals surface area contributed by atoms with Crippen molar-refractivity contribution >= 4 is 33.3 Å². The summed E-state index contributed by atoms with van der Waals surface area (Å²) >= 11 is 6.63. The molecule has 6 rings (SSSR count). The van der Waals surface area contributed by atoms with Crippen LogP contribution in [0.2, 0.25) is 5.02 Å². The summed E-state index contributed by atoms with van der Waals surface area (Å²) in [4.78, 5) is 29.6. The van der Waals surface area contributed by atoms with E-state index in [9.17, 15) is 9.59 Å². The zero-order valence-electron chi connectivity index (χ0n) is 18.7. The molecule has 0 radical (unpaired) electrons. The number of hydrogen-bond acceptors (Lipinski definition) is 3. The Morgan fingerprint density at radius 3 is 2.49 bits per heavy atom. The quantitative estimate of drug-likeness (QED) is 0.362. The maximum absolute atomic E-state index is 13.5. The fraction of sp³-hybridized carbons (Fsp3) is 0.0357. The smallest absolute Gasteiger partial charge is 0.306 e. The van der Waals surface area contributed by atoms with Gasteiger partial charge >= 0.3 is 5.69 Å². The van der Waals surface area contributed by atoms with E-state index in [1.54, 1.807) is 29.1 Å². The first-order chi connectivity index (χ1) is 17.0. The number of rotatable bonds is 3. The van der Waals surface area contributed by atoms with Crippen LogP contribution in [0.4, 0.5) is 0 Å². The van der Waals surface area contributed by atoms with Gasteiger partial charge in [-0.15, -0.1) is 0 Å². The summed E-state index contributed by atoms with van der Waals surface area (Å²) in [6.07, 6.45) is 3.70. The normalized spacial score (nSPS) is 11.4. The van der Waals surface area contributed by atoms with Gasteiger partial charge in [0, 0.05) is 34.8 Å². The van der Waals surface area contributed by atoms with E-state index in [2.05, 4.69) is 10.1 Å². The first-order valence-electron chi connectivity index (χ1n) is 11.1. The van der Waals surface area contributed by atoms with Crippen molar-refractivity contribution in [2.75, 3.05) is 0 Å². The number of halogens is 1. The Bertz CT molecular complexity index is 1880. The summed E-state index contributed by atoms with van der Waals surface area (Å²) in [6, 6.07) is 24.3. The second-order valence-corrected chi connectivity index (χ2v) is 8.80. The van der Waals surface area contributed by atoms with Gasteiger partial charge in [-0.05, 0) is 40.8 Å². The first kappa shape index (κ1) is 21.1. The molecule has 2 aromatic heterocycles. The maximum atomic E-state index is 13.5. The van der Waals surface area contributed by atoms with Gasteiger partial charge in [-0.3, -0.25) is 9.48 Å². The third kappa shape index (κ3) is 3.47. The van der Waals surface area contributed by atoms with Crippen molar-refractivity contribution < 1.29 is 0 Å². The molecule has 170 valence electrons. The van der Waals surface area contributed by atoms with Crippen molar-refractivity contribution in [1.29, 1.82) is 0 Å². The molecule has 4 aromatic carbocycles. The van der Waals surface area contributed by atoms with E-state index < -0.39 is 5.69 Å². The molecule has 0 fully saturated rings. The standard InChI is InChI=1S/C28H19ClN4O2/c1-32-16-19(15-30-32)21-9-5-10-23(29)26(21)18-12-13-22-24(14-18)31-28(35)33(27(22)34)25-11-4-7-17-6-2-3-8-20(17)25/h2-16H,1H3,(H,31,35). The average Bonchev–Trinajstić information content (AvgIpc) is 3.30. The molecular weight excluding hydrogens is 460 g/mol. The van der Waals surface area contributed by atoms with Crippen LogP contribution in [-0.4, -0.2) is 19.3 Å². The minimum Gasteiger partial charge on any atom is -0.306 e. The van der Waals surface area contributed by atoms with E-state index in [-0.39, 0.29) is 5.56 Å². The molecule has 0 saturated carbocycles. The second kappa shape index (κ2) is 8.11. The molecule has 0 atom stereocenters. The lowest BCUT2D eigenvalue weighted by Crippen LogP contribution is -2.33. The van der Waals surface area contributed by atoms with Crippen molar-refractivity contribution in [2.24, 2.45) is 7.05 Å². The Morgan fingerprint density at radius 1 is 0.857 bits per heavy atom. The molecule has 1 N–H and O–H groups in total. The molecule has 2 heterocycles. The third-order valence-electron chi connectivity index (χ3n) is 6.22. The summed E-state index contributed by atoms with van der Waals surface area (Å²) in [7, 11) is 1.86. The molecule has 0 spiro atoms. The van der Waals surface area contributed by atoms with E-state index in [0.717, 1.165) is 33.0 Å². The van der Waals surface area contributed by atoms with Gasteiger partial charge in [0.05, 0.1) is 22.8 Å². The zero-order valence-corrected chi connectivity index (χ0v) is 19.5. The van der Waals surface area contributed by atoms with Gasteiger partial charge in [0.15, 0.2) is 0 Å². The summed E-state index contributed by atoms with van der Waals surface area (Å²) < 4.78 is 2.93. The van der Waals surface area contributed by atoms with Crippen LogP contribution < -0.4 is 11.2 Å². The lowest BCUT2D eigenvalue weighted by molar-refractivity contribution is 0.768. The Morgan fingerprint density at radius 2 is 1.66 bits per heavy atom. The maximum Gasteiger partial charge on any atom is 0.333 e. The number of fused-ring (bicyclic) bond motifs is 2. The van der Waals surface area contributed by atoms with Crippen LogP contribution in [0.25, 0.3) is 49.6 Å². The van der Waals surface area contributed by atoms with Crippen molar-refractivity contribution in [3.8, 4) is 27.9 Å². The van der Waals surface area contributed by atoms with Crippen LogP contribution in [0.5, 0.6) is 0 Å². The second-order valence-electron chi connectivity index (χ2n) is 8.39. The fourth-order valence-electron chi connectivity index (χ4n) is 4.61. The Balaban J connectivity index is 1.57. The van der Waals surface area contributed by atoms with Gasteiger partial charge < -0.3 is 4.98 Å². The van der Waals surface area contributed by atoms with Crippen LogP contribution in [0, 0.1) is 0 Å². The number of nitrogens with zero attached hydrogens (tertiary/aromatic N) is 3. The molecule has 0 aliphatic heterocycles. The minimum absolute atomic E-state index is 0.377. The summed E-state index contributed by atoms with van der Waals surface area (Å²) in [6.45, 7) is 0. The number of hydrogen-bond donors (Lipinski definition) is 1. The van der Waals surface area contributed by atoms with Crippen molar-refractivity contribution in [3.63, 3.8) is 0 Å². The highest BCUT2D eigenvalue weighted by Gasteiger charge is 2.16. The SMILES string of the molecule is Cn1cc(-c2cccc(Cl)c2-c2ccc3c(=O)n(-c4cccc5ccccc45)c(=O)[nH]c3c2)cn1. The molecule has 6 nitrogen and oxygen atoms in total. The fourth-order valence-corrected chi connectivity index (χ4v) is 4.90.